The van der Waals surface area contributed by atoms with Crippen molar-refractivity contribution in [2.24, 2.45) is 0 Å². The Hall–Kier alpha value is -2.90. The van der Waals surface area contributed by atoms with Gasteiger partial charge < -0.3 is 10.5 Å². The van der Waals surface area contributed by atoms with Crippen molar-refractivity contribution in [1.29, 1.82) is 0 Å². The van der Waals surface area contributed by atoms with Gasteiger partial charge in [-0.05, 0) is 25.1 Å². The summed E-state index contributed by atoms with van der Waals surface area (Å²) in [6, 6.07) is 5.26. The molecular formula is C12H12N6O2. The fraction of sp³-hybridized carbons (Fsp3) is 0.167. The first-order chi connectivity index (χ1) is 9.60. The van der Waals surface area contributed by atoms with Crippen LogP contribution in [0, 0.1) is 6.92 Å². The molecule has 0 radical (unpaired) electrons. The summed E-state index contributed by atoms with van der Waals surface area (Å²) in [7, 11) is 1.55. The van der Waals surface area contributed by atoms with Crippen molar-refractivity contribution in [2.45, 2.75) is 6.92 Å². The van der Waals surface area contributed by atoms with Crippen LogP contribution in [0.2, 0.25) is 0 Å². The maximum atomic E-state index is 11.5. The second-order valence-electron chi connectivity index (χ2n) is 4.26. The van der Waals surface area contributed by atoms with E-state index in [9.17, 15) is 4.79 Å². The SMILES string of the molecule is COc1ccc(-c2nnc3[nH]c(=O)c(C)nn23)cc1N. The van der Waals surface area contributed by atoms with E-state index in [4.69, 9.17) is 10.5 Å². The Bertz CT molecular complexity index is 851. The standard InChI is InChI=1S/C12H12N6O2/c1-6-11(19)14-12-16-15-10(18(12)17-6)7-3-4-9(20-2)8(13)5-7/h3-5H,13H2,1-2H3,(H,14,16,19). The molecule has 0 saturated heterocycles. The molecule has 0 aliphatic carbocycles. The second kappa shape index (κ2) is 4.34. The smallest absolute Gasteiger partial charge is 0.273 e. The Morgan fingerprint density at radius 3 is 2.85 bits per heavy atom. The predicted molar refractivity (Wildman–Crippen MR) is 72.5 cm³/mol. The van der Waals surface area contributed by atoms with Gasteiger partial charge in [-0.25, -0.2) is 0 Å². The number of aromatic nitrogens is 5. The van der Waals surface area contributed by atoms with E-state index in [2.05, 4.69) is 20.3 Å². The molecule has 8 heteroatoms. The Morgan fingerprint density at radius 2 is 2.15 bits per heavy atom. The van der Waals surface area contributed by atoms with Crippen LogP contribution < -0.4 is 16.0 Å². The van der Waals surface area contributed by atoms with Gasteiger partial charge in [0, 0.05) is 5.56 Å². The summed E-state index contributed by atoms with van der Waals surface area (Å²) in [6.07, 6.45) is 0. The molecule has 3 N–H and O–H groups in total. The molecule has 0 saturated carbocycles. The lowest BCUT2D eigenvalue weighted by Gasteiger charge is -2.05. The van der Waals surface area contributed by atoms with Gasteiger partial charge in [0.15, 0.2) is 5.82 Å². The summed E-state index contributed by atoms with van der Waals surface area (Å²) < 4.78 is 6.58. The van der Waals surface area contributed by atoms with Crippen molar-refractivity contribution in [3.63, 3.8) is 0 Å². The van der Waals surface area contributed by atoms with E-state index in [1.165, 1.54) is 4.52 Å². The van der Waals surface area contributed by atoms with E-state index < -0.39 is 0 Å². The molecule has 0 amide bonds. The van der Waals surface area contributed by atoms with E-state index in [1.807, 2.05) is 0 Å². The third kappa shape index (κ3) is 1.78. The molecule has 0 atom stereocenters. The van der Waals surface area contributed by atoms with Gasteiger partial charge >= 0.3 is 0 Å². The van der Waals surface area contributed by atoms with Crippen molar-refractivity contribution in [3.05, 3.63) is 34.2 Å². The lowest BCUT2D eigenvalue weighted by molar-refractivity contribution is 0.417. The third-order valence-electron chi connectivity index (χ3n) is 2.93. The first-order valence-corrected chi connectivity index (χ1v) is 5.86. The van der Waals surface area contributed by atoms with E-state index in [0.29, 0.717) is 23.0 Å². The molecule has 0 bridgehead atoms. The number of benzene rings is 1. The average Bonchev–Trinajstić information content (AvgIpc) is 2.82. The van der Waals surface area contributed by atoms with Crippen LogP contribution in [0.4, 0.5) is 5.69 Å². The number of aryl methyl sites for hydroxylation is 1. The normalized spacial score (nSPS) is 10.9. The number of nitrogens with zero attached hydrogens (tertiary/aromatic N) is 4. The number of nitrogens with one attached hydrogen (secondary N) is 1. The zero-order chi connectivity index (χ0) is 14.3. The number of hydrogen-bond donors (Lipinski definition) is 2. The number of fused-ring (bicyclic) bond motifs is 1. The molecule has 20 heavy (non-hydrogen) atoms. The van der Waals surface area contributed by atoms with Gasteiger partial charge in [-0.1, -0.05) is 0 Å². The lowest BCUT2D eigenvalue weighted by Crippen LogP contribution is -2.15. The van der Waals surface area contributed by atoms with Crippen LogP contribution in [0.25, 0.3) is 17.2 Å². The minimum absolute atomic E-state index is 0.282. The highest BCUT2D eigenvalue weighted by molar-refractivity contribution is 5.67. The highest BCUT2D eigenvalue weighted by Gasteiger charge is 2.12. The summed E-state index contributed by atoms with van der Waals surface area (Å²) >= 11 is 0. The maximum Gasteiger partial charge on any atom is 0.273 e. The zero-order valence-corrected chi connectivity index (χ0v) is 10.9. The van der Waals surface area contributed by atoms with Crippen LogP contribution in [0.5, 0.6) is 5.75 Å². The van der Waals surface area contributed by atoms with Crippen molar-refractivity contribution < 1.29 is 4.74 Å². The van der Waals surface area contributed by atoms with E-state index in [0.717, 1.165) is 5.56 Å². The van der Waals surface area contributed by atoms with Crippen molar-refractivity contribution in [1.82, 2.24) is 24.8 Å². The molecule has 2 heterocycles. The van der Waals surface area contributed by atoms with E-state index in [1.54, 1.807) is 32.2 Å². The predicted octanol–water partition coefficient (Wildman–Crippen LogP) is 0.379. The van der Waals surface area contributed by atoms with Gasteiger partial charge in [0.1, 0.15) is 11.4 Å². The molecule has 1 aromatic carbocycles. The first kappa shape index (κ1) is 12.2. The Labute approximate surface area is 113 Å². The molecule has 0 aliphatic heterocycles. The molecular weight excluding hydrogens is 260 g/mol. The van der Waals surface area contributed by atoms with Crippen LogP contribution >= 0.6 is 0 Å². The molecule has 3 aromatic rings. The van der Waals surface area contributed by atoms with E-state index >= 15 is 0 Å². The summed E-state index contributed by atoms with van der Waals surface area (Å²) in [6.45, 7) is 1.62. The van der Waals surface area contributed by atoms with Gasteiger partial charge in [-0.2, -0.15) is 9.61 Å². The van der Waals surface area contributed by atoms with Gasteiger partial charge in [0.25, 0.3) is 11.3 Å². The van der Waals surface area contributed by atoms with Crippen molar-refractivity contribution in [3.8, 4) is 17.1 Å². The number of rotatable bonds is 2. The van der Waals surface area contributed by atoms with Crippen LogP contribution in [0.15, 0.2) is 23.0 Å². The fourth-order valence-corrected chi connectivity index (χ4v) is 1.89. The monoisotopic (exact) mass is 272 g/mol. The Morgan fingerprint density at radius 1 is 1.35 bits per heavy atom. The number of H-pyrrole nitrogens is 1. The number of anilines is 1. The number of methoxy groups -OCH3 is 1. The molecule has 3 rings (SSSR count). The Kier molecular flexibility index (Phi) is 2.63. The quantitative estimate of drug-likeness (QED) is 0.652. The number of ether oxygens (including phenoxy) is 1. The van der Waals surface area contributed by atoms with Crippen molar-refractivity contribution >= 4 is 11.5 Å². The molecule has 0 aliphatic rings. The minimum atomic E-state index is -0.286. The second-order valence-corrected chi connectivity index (χ2v) is 4.26. The molecule has 0 fully saturated rings. The van der Waals surface area contributed by atoms with Gasteiger partial charge in [-0.15, -0.1) is 10.2 Å². The topological polar surface area (TPSA) is 111 Å². The van der Waals surface area contributed by atoms with Gasteiger partial charge in [0.05, 0.1) is 12.8 Å². The third-order valence-corrected chi connectivity index (χ3v) is 2.93. The average molecular weight is 272 g/mol. The van der Waals surface area contributed by atoms with Crippen LogP contribution in [0.1, 0.15) is 5.69 Å². The number of nitrogen functional groups attached to an aromatic ring is 1. The van der Waals surface area contributed by atoms with Gasteiger partial charge in [0.2, 0.25) is 0 Å². The molecule has 0 unspecified atom stereocenters. The van der Waals surface area contributed by atoms with Gasteiger partial charge in [-0.3, -0.25) is 9.78 Å². The van der Waals surface area contributed by atoms with Crippen LogP contribution in [-0.2, 0) is 0 Å². The Balaban J connectivity index is 2.22. The number of hydrogen-bond acceptors (Lipinski definition) is 6. The summed E-state index contributed by atoms with van der Waals surface area (Å²) in [5, 5.41) is 12.1. The molecule has 0 spiro atoms. The molecule has 8 nitrogen and oxygen atoms in total. The largest absolute Gasteiger partial charge is 0.495 e. The molecule has 102 valence electrons. The maximum absolute atomic E-state index is 11.5. The number of aromatic amines is 1. The summed E-state index contributed by atoms with van der Waals surface area (Å²) in [4.78, 5) is 14.1. The highest BCUT2D eigenvalue weighted by Crippen LogP contribution is 2.26. The fourth-order valence-electron chi connectivity index (χ4n) is 1.89. The first-order valence-electron chi connectivity index (χ1n) is 5.86. The zero-order valence-electron chi connectivity index (χ0n) is 10.9. The number of nitrogens with two attached hydrogens (primary N) is 1. The van der Waals surface area contributed by atoms with Crippen LogP contribution in [0.3, 0.4) is 0 Å². The minimum Gasteiger partial charge on any atom is -0.495 e. The van der Waals surface area contributed by atoms with Crippen LogP contribution in [-0.4, -0.2) is 31.9 Å². The highest BCUT2D eigenvalue weighted by atomic mass is 16.5. The molecule has 2 aromatic heterocycles. The lowest BCUT2D eigenvalue weighted by atomic mass is 10.2. The summed E-state index contributed by atoms with van der Waals surface area (Å²) in [5.41, 5.74) is 7.14. The van der Waals surface area contributed by atoms with Crippen molar-refractivity contribution in [2.75, 3.05) is 12.8 Å². The van der Waals surface area contributed by atoms with E-state index in [-0.39, 0.29) is 11.3 Å². The summed E-state index contributed by atoms with van der Waals surface area (Å²) in [5.74, 6) is 1.36.